The number of para-hydroxylation sites is 1. The highest BCUT2D eigenvalue weighted by Crippen LogP contribution is 2.27. The van der Waals surface area contributed by atoms with Crippen LogP contribution in [0.2, 0.25) is 0 Å². The van der Waals surface area contributed by atoms with Crippen molar-refractivity contribution >= 4 is 16.9 Å². The summed E-state index contributed by atoms with van der Waals surface area (Å²) in [5, 5.41) is 0.788. The number of hydrogen-bond acceptors (Lipinski definition) is 5. The Morgan fingerprint density at radius 3 is 3.05 bits per heavy atom. The highest BCUT2D eigenvalue weighted by atomic mass is 16.5. The van der Waals surface area contributed by atoms with E-state index in [0.29, 0.717) is 42.7 Å². The van der Waals surface area contributed by atoms with Crippen molar-refractivity contribution < 1.29 is 13.9 Å². The first-order chi connectivity index (χ1) is 10.2. The van der Waals surface area contributed by atoms with E-state index in [4.69, 9.17) is 15.0 Å². The number of furan rings is 1. The smallest absolute Gasteiger partial charge is 0.269 e. The number of nitrogens with two attached hydrogens (primary N) is 1. The van der Waals surface area contributed by atoms with Gasteiger partial charge in [0.15, 0.2) is 0 Å². The lowest BCUT2D eigenvalue weighted by Gasteiger charge is -2.32. The summed E-state index contributed by atoms with van der Waals surface area (Å²) in [6.45, 7) is 4.88. The van der Waals surface area contributed by atoms with Crippen LogP contribution in [-0.4, -0.2) is 36.6 Å². The Balaban J connectivity index is 1.98. The summed E-state index contributed by atoms with van der Waals surface area (Å²) >= 11 is 0. The molecule has 112 valence electrons. The Hall–Kier alpha value is -1.89. The summed E-state index contributed by atoms with van der Waals surface area (Å²) in [6, 6.07) is 7.79. The third kappa shape index (κ3) is 2.65. The summed E-state index contributed by atoms with van der Waals surface area (Å²) in [5.41, 5.74) is 3.43. The number of carbonyl (C=O) groups is 1. The average Bonchev–Trinajstić information content (AvgIpc) is 2.87. The lowest BCUT2D eigenvalue weighted by molar-refractivity contribution is -0.00701. The van der Waals surface area contributed by atoms with E-state index in [0.717, 1.165) is 11.9 Å². The zero-order chi connectivity index (χ0) is 14.8. The molecule has 1 unspecified atom stereocenters. The molecule has 0 spiro atoms. The van der Waals surface area contributed by atoms with E-state index in [1.807, 2.05) is 24.3 Å². The molecule has 2 heterocycles. The fourth-order valence-corrected chi connectivity index (χ4v) is 2.71. The van der Waals surface area contributed by atoms with E-state index in [-0.39, 0.29) is 5.91 Å². The summed E-state index contributed by atoms with van der Waals surface area (Å²) in [7, 11) is 0. The summed E-state index contributed by atoms with van der Waals surface area (Å²) < 4.78 is 11.3. The number of rotatable bonds is 3. The minimum absolute atomic E-state index is 0.292. The van der Waals surface area contributed by atoms with Crippen LogP contribution in [0.1, 0.15) is 23.0 Å². The van der Waals surface area contributed by atoms with Gasteiger partial charge >= 0.3 is 0 Å². The average molecular weight is 289 g/mol. The molecule has 0 radical (unpaired) electrons. The molecule has 1 aromatic carbocycles. The van der Waals surface area contributed by atoms with Crippen LogP contribution in [-0.2, 0) is 11.3 Å². The third-order valence-electron chi connectivity index (χ3n) is 3.88. The quantitative estimate of drug-likeness (QED) is 0.505. The number of nitrogen functional groups attached to an aromatic ring is 1. The van der Waals surface area contributed by atoms with Crippen LogP contribution >= 0.6 is 0 Å². The van der Waals surface area contributed by atoms with Gasteiger partial charge in [-0.2, -0.15) is 0 Å². The highest BCUT2D eigenvalue weighted by molar-refractivity contribution is 6.07. The maximum atomic E-state index is 12.1. The Morgan fingerprint density at radius 2 is 2.29 bits per heavy atom. The fraction of sp³-hybridized carbons (Fsp3) is 0.400. The number of morpholine rings is 1. The van der Waals surface area contributed by atoms with Crippen molar-refractivity contribution in [1.82, 2.24) is 10.3 Å². The summed E-state index contributed by atoms with van der Waals surface area (Å²) in [4.78, 5) is 14.3. The number of benzene rings is 1. The number of fused-ring (bicyclic) bond motifs is 1. The molecule has 3 rings (SSSR count). The maximum Gasteiger partial charge on any atom is 0.269 e. The topological polar surface area (TPSA) is 80.7 Å². The van der Waals surface area contributed by atoms with E-state index in [1.165, 1.54) is 0 Å². The first-order valence-corrected chi connectivity index (χ1v) is 7.04. The Kier molecular flexibility index (Phi) is 3.92. The molecule has 0 bridgehead atoms. The van der Waals surface area contributed by atoms with Crippen LogP contribution in [0.5, 0.6) is 0 Å². The summed E-state index contributed by atoms with van der Waals surface area (Å²) in [6.07, 6.45) is 0. The number of nitrogens with zero attached hydrogens (tertiary/aromatic N) is 1. The molecule has 1 fully saturated rings. The normalized spacial score (nSPS) is 19.8. The minimum Gasteiger partial charge on any atom is -0.459 e. The summed E-state index contributed by atoms with van der Waals surface area (Å²) in [5.74, 6) is 5.63. The van der Waals surface area contributed by atoms with Gasteiger partial charge in [-0.25, -0.2) is 5.84 Å². The molecule has 2 aromatic rings. The SMILES string of the molecule is CC1COCCN1Cc1oc2ccccc2c1C(=O)NN. The van der Waals surface area contributed by atoms with Gasteiger partial charge in [-0.1, -0.05) is 18.2 Å². The van der Waals surface area contributed by atoms with Crippen LogP contribution in [0.4, 0.5) is 0 Å². The molecule has 0 saturated carbocycles. The number of hydrazine groups is 1. The number of ether oxygens (including phenoxy) is 1. The van der Waals surface area contributed by atoms with Gasteiger partial charge in [0.1, 0.15) is 11.3 Å². The molecule has 1 aromatic heterocycles. The molecule has 6 nitrogen and oxygen atoms in total. The van der Waals surface area contributed by atoms with Gasteiger partial charge in [0.2, 0.25) is 0 Å². The first-order valence-electron chi connectivity index (χ1n) is 7.04. The van der Waals surface area contributed by atoms with Gasteiger partial charge in [-0.15, -0.1) is 0 Å². The van der Waals surface area contributed by atoms with Gasteiger partial charge in [0.05, 0.1) is 25.3 Å². The largest absolute Gasteiger partial charge is 0.459 e. The predicted octanol–water partition coefficient (Wildman–Crippen LogP) is 1.26. The van der Waals surface area contributed by atoms with Gasteiger partial charge < -0.3 is 9.15 Å². The lowest BCUT2D eigenvalue weighted by atomic mass is 10.1. The number of nitrogens with one attached hydrogen (secondary N) is 1. The second kappa shape index (κ2) is 5.85. The molecular weight excluding hydrogens is 270 g/mol. The molecule has 1 aliphatic rings. The molecule has 1 aliphatic heterocycles. The van der Waals surface area contributed by atoms with Crippen molar-refractivity contribution in [3.05, 3.63) is 35.6 Å². The van der Waals surface area contributed by atoms with Crippen LogP contribution in [0.3, 0.4) is 0 Å². The number of amides is 1. The van der Waals surface area contributed by atoms with Crippen molar-refractivity contribution in [1.29, 1.82) is 0 Å². The van der Waals surface area contributed by atoms with E-state index in [1.54, 1.807) is 0 Å². The van der Waals surface area contributed by atoms with Crippen molar-refractivity contribution in [3.63, 3.8) is 0 Å². The van der Waals surface area contributed by atoms with Crippen LogP contribution < -0.4 is 11.3 Å². The van der Waals surface area contributed by atoms with Crippen LogP contribution in [0, 0.1) is 0 Å². The van der Waals surface area contributed by atoms with E-state index in [9.17, 15) is 4.79 Å². The van der Waals surface area contributed by atoms with Crippen molar-refractivity contribution in [2.24, 2.45) is 5.84 Å². The predicted molar refractivity (Wildman–Crippen MR) is 78.6 cm³/mol. The Labute approximate surface area is 122 Å². The second-order valence-corrected chi connectivity index (χ2v) is 5.26. The van der Waals surface area contributed by atoms with Crippen molar-refractivity contribution in [2.75, 3.05) is 19.8 Å². The third-order valence-corrected chi connectivity index (χ3v) is 3.88. The van der Waals surface area contributed by atoms with Gasteiger partial charge in [-0.3, -0.25) is 15.1 Å². The molecule has 1 saturated heterocycles. The van der Waals surface area contributed by atoms with Crippen molar-refractivity contribution in [3.8, 4) is 0 Å². The molecule has 6 heteroatoms. The lowest BCUT2D eigenvalue weighted by Crippen LogP contribution is -2.43. The maximum absolute atomic E-state index is 12.1. The standard InChI is InChI=1S/C15H19N3O3/c1-10-9-20-7-6-18(10)8-13-14(15(19)17-16)11-4-2-3-5-12(11)21-13/h2-5,10H,6-9,16H2,1H3,(H,17,19). The van der Waals surface area contributed by atoms with Gasteiger partial charge in [0.25, 0.3) is 5.91 Å². The Morgan fingerprint density at radius 1 is 1.48 bits per heavy atom. The van der Waals surface area contributed by atoms with E-state index < -0.39 is 0 Å². The van der Waals surface area contributed by atoms with E-state index in [2.05, 4.69) is 17.2 Å². The molecule has 0 aliphatic carbocycles. The minimum atomic E-state index is -0.323. The van der Waals surface area contributed by atoms with Gasteiger partial charge in [0, 0.05) is 18.0 Å². The second-order valence-electron chi connectivity index (χ2n) is 5.26. The van der Waals surface area contributed by atoms with Crippen molar-refractivity contribution in [2.45, 2.75) is 19.5 Å². The van der Waals surface area contributed by atoms with Crippen LogP contribution in [0.25, 0.3) is 11.0 Å². The molecule has 1 atom stereocenters. The van der Waals surface area contributed by atoms with E-state index >= 15 is 0 Å². The molecule has 21 heavy (non-hydrogen) atoms. The zero-order valence-corrected chi connectivity index (χ0v) is 12.0. The molecule has 1 amide bonds. The van der Waals surface area contributed by atoms with Crippen LogP contribution in [0.15, 0.2) is 28.7 Å². The highest BCUT2D eigenvalue weighted by Gasteiger charge is 2.25. The van der Waals surface area contributed by atoms with Gasteiger partial charge in [-0.05, 0) is 13.0 Å². The number of hydrogen-bond donors (Lipinski definition) is 2. The first kappa shape index (κ1) is 14.1. The number of carbonyl (C=O) groups excluding carboxylic acids is 1. The zero-order valence-electron chi connectivity index (χ0n) is 12.0. The monoisotopic (exact) mass is 289 g/mol. The molecule has 3 N–H and O–H groups in total. The fourth-order valence-electron chi connectivity index (χ4n) is 2.71. The molecular formula is C15H19N3O3. The Bertz CT molecular complexity index is 653.